The molecule has 2 aromatic rings. The molecule has 0 aliphatic carbocycles. The van der Waals surface area contributed by atoms with Gasteiger partial charge in [-0.15, -0.1) is 11.3 Å². The molecule has 4 N–H and O–H groups in total. The zero-order valence-corrected chi connectivity index (χ0v) is 17.5. The molecule has 0 spiro atoms. The van der Waals surface area contributed by atoms with Gasteiger partial charge < -0.3 is 26.0 Å². The molecule has 158 valence electrons. The van der Waals surface area contributed by atoms with Crippen LogP contribution in [0.4, 0.5) is 15.5 Å². The summed E-state index contributed by atoms with van der Waals surface area (Å²) in [6.07, 6.45) is 3.35. The number of nitrogens with zero attached hydrogens (tertiary/aromatic N) is 1. The SMILES string of the molecule is CC(=O)NCCOC(=O)N1CCc2c(sc(NC(=O)/C=C/c3ccccc3)c2N)C1. The summed E-state index contributed by atoms with van der Waals surface area (Å²) in [6, 6.07) is 9.53. The maximum atomic E-state index is 12.3. The third-order valence-electron chi connectivity index (χ3n) is 4.52. The minimum atomic E-state index is -0.436. The molecule has 1 aliphatic heterocycles. The van der Waals surface area contributed by atoms with Gasteiger partial charge in [0.1, 0.15) is 11.6 Å². The Morgan fingerprint density at radius 2 is 2.03 bits per heavy atom. The molecule has 0 bridgehead atoms. The fourth-order valence-electron chi connectivity index (χ4n) is 3.02. The molecule has 30 heavy (non-hydrogen) atoms. The highest BCUT2D eigenvalue weighted by Crippen LogP contribution is 2.39. The molecule has 9 heteroatoms. The Labute approximate surface area is 178 Å². The molecule has 0 saturated carbocycles. The van der Waals surface area contributed by atoms with E-state index >= 15 is 0 Å². The van der Waals surface area contributed by atoms with E-state index in [-0.39, 0.29) is 25.0 Å². The number of benzene rings is 1. The van der Waals surface area contributed by atoms with Gasteiger partial charge in [-0.3, -0.25) is 9.59 Å². The van der Waals surface area contributed by atoms with E-state index < -0.39 is 6.09 Å². The minimum Gasteiger partial charge on any atom is -0.448 e. The molecule has 1 aromatic heterocycles. The van der Waals surface area contributed by atoms with E-state index in [0.29, 0.717) is 30.2 Å². The Kier molecular flexibility index (Phi) is 7.08. The van der Waals surface area contributed by atoms with Crippen molar-refractivity contribution in [3.05, 3.63) is 52.4 Å². The number of thiophene rings is 1. The largest absolute Gasteiger partial charge is 0.448 e. The number of nitrogen functional groups attached to an aromatic ring is 1. The number of nitrogens with two attached hydrogens (primary N) is 1. The fourth-order valence-corrected chi connectivity index (χ4v) is 4.21. The van der Waals surface area contributed by atoms with Crippen molar-refractivity contribution in [2.45, 2.75) is 19.9 Å². The average Bonchev–Trinajstić information content (AvgIpc) is 3.04. The maximum Gasteiger partial charge on any atom is 0.410 e. The highest BCUT2D eigenvalue weighted by molar-refractivity contribution is 7.17. The summed E-state index contributed by atoms with van der Waals surface area (Å²) >= 11 is 1.37. The topological polar surface area (TPSA) is 114 Å². The number of carbonyl (C=O) groups excluding carboxylic acids is 3. The highest BCUT2D eigenvalue weighted by Gasteiger charge is 2.27. The Balaban J connectivity index is 1.57. The summed E-state index contributed by atoms with van der Waals surface area (Å²) in [6.45, 7) is 2.65. The monoisotopic (exact) mass is 428 g/mol. The standard InChI is InChI=1S/C21H24N4O4S/c1-14(26)23-10-12-29-21(28)25-11-9-16-17(13-25)30-20(19(16)22)24-18(27)8-7-15-5-3-2-4-6-15/h2-8H,9-13,22H2,1H3,(H,23,26)(H,24,27)/b8-7+. The number of nitrogens with one attached hydrogen (secondary N) is 2. The van der Waals surface area contributed by atoms with Crippen LogP contribution in [-0.4, -0.2) is 42.5 Å². The first kappa shape index (κ1) is 21.4. The van der Waals surface area contributed by atoms with Crippen LogP contribution in [0.2, 0.25) is 0 Å². The Morgan fingerprint density at radius 3 is 2.77 bits per heavy atom. The smallest absolute Gasteiger partial charge is 0.410 e. The lowest BCUT2D eigenvalue weighted by Crippen LogP contribution is -2.37. The van der Waals surface area contributed by atoms with Gasteiger partial charge in [-0.05, 0) is 23.6 Å². The normalized spacial score (nSPS) is 13.0. The van der Waals surface area contributed by atoms with Gasteiger partial charge in [-0.2, -0.15) is 0 Å². The number of ether oxygens (including phenoxy) is 1. The van der Waals surface area contributed by atoms with Crippen LogP contribution in [-0.2, 0) is 27.3 Å². The van der Waals surface area contributed by atoms with Crippen molar-refractivity contribution in [3.8, 4) is 0 Å². The van der Waals surface area contributed by atoms with E-state index in [4.69, 9.17) is 10.5 Å². The Morgan fingerprint density at radius 1 is 1.27 bits per heavy atom. The van der Waals surface area contributed by atoms with Crippen molar-refractivity contribution in [2.75, 3.05) is 30.7 Å². The van der Waals surface area contributed by atoms with Crippen molar-refractivity contribution in [3.63, 3.8) is 0 Å². The lowest BCUT2D eigenvalue weighted by molar-refractivity contribution is -0.119. The molecule has 1 aliphatic rings. The Bertz CT molecular complexity index is 955. The van der Waals surface area contributed by atoms with E-state index in [0.717, 1.165) is 16.0 Å². The second-order valence-electron chi connectivity index (χ2n) is 6.75. The molecule has 0 unspecified atom stereocenters. The van der Waals surface area contributed by atoms with Gasteiger partial charge in [0.15, 0.2) is 0 Å². The highest BCUT2D eigenvalue weighted by atomic mass is 32.1. The van der Waals surface area contributed by atoms with Crippen LogP contribution in [0.1, 0.15) is 22.9 Å². The van der Waals surface area contributed by atoms with Crippen LogP contribution in [0.5, 0.6) is 0 Å². The van der Waals surface area contributed by atoms with Crippen LogP contribution in [0.25, 0.3) is 6.08 Å². The van der Waals surface area contributed by atoms with Crippen LogP contribution in [0, 0.1) is 0 Å². The predicted octanol–water partition coefficient (Wildman–Crippen LogP) is 2.61. The molecule has 1 aromatic carbocycles. The third-order valence-corrected chi connectivity index (χ3v) is 5.67. The molecule has 2 heterocycles. The molecule has 0 radical (unpaired) electrons. The lowest BCUT2D eigenvalue weighted by Gasteiger charge is -2.26. The average molecular weight is 429 g/mol. The van der Waals surface area contributed by atoms with Gasteiger partial charge >= 0.3 is 6.09 Å². The van der Waals surface area contributed by atoms with Gasteiger partial charge in [-0.25, -0.2) is 4.79 Å². The second-order valence-corrected chi connectivity index (χ2v) is 7.85. The third kappa shape index (κ3) is 5.60. The van der Waals surface area contributed by atoms with Crippen LogP contribution >= 0.6 is 11.3 Å². The Hall–Kier alpha value is -3.33. The van der Waals surface area contributed by atoms with Crippen molar-refractivity contribution in [2.24, 2.45) is 0 Å². The number of hydrogen-bond donors (Lipinski definition) is 3. The lowest BCUT2D eigenvalue weighted by atomic mass is 10.1. The van der Waals surface area contributed by atoms with Crippen molar-refractivity contribution in [1.29, 1.82) is 0 Å². The van der Waals surface area contributed by atoms with Crippen LogP contribution in [0.3, 0.4) is 0 Å². The van der Waals surface area contributed by atoms with Crippen molar-refractivity contribution < 1.29 is 19.1 Å². The first-order chi connectivity index (χ1) is 14.4. The molecular formula is C21H24N4O4S. The predicted molar refractivity (Wildman–Crippen MR) is 117 cm³/mol. The molecule has 0 fully saturated rings. The number of rotatable bonds is 6. The second kappa shape index (κ2) is 9.93. The number of anilines is 2. The molecule has 0 saturated heterocycles. The number of carbonyl (C=O) groups is 3. The summed E-state index contributed by atoms with van der Waals surface area (Å²) in [5, 5.41) is 5.99. The molecule has 3 rings (SSSR count). The quantitative estimate of drug-likeness (QED) is 0.483. The van der Waals surface area contributed by atoms with E-state index in [2.05, 4.69) is 10.6 Å². The number of hydrogen-bond acceptors (Lipinski definition) is 6. The molecular weight excluding hydrogens is 404 g/mol. The zero-order valence-electron chi connectivity index (χ0n) is 16.6. The van der Waals surface area contributed by atoms with Gasteiger partial charge in [0, 0.05) is 24.4 Å². The minimum absolute atomic E-state index is 0.114. The molecule has 8 nitrogen and oxygen atoms in total. The summed E-state index contributed by atoms with van der Waals surface area (Å²) < 4.78 is 5.19. The van der Waals surface area contributed by atoms with Crippen molar-refractivity contribution >= 4 is 46.0 Å². The first-order valence-electron chi connectivity index (χ1n) is 9.54. The first-order valence-corrected chi connectivity index (χ1v) is 10.4. The van der Waals surface area contributed by atoms with Gasteiger partial charge in [0.05, 0.1) is 18.8 Å². The summed E-state index contributed by atoms with van der Waals surface area (Å²) in [5.74, 6) is -0.436. The van der Waals surface area contributed by atoms with E-state index in [1.54, 1.807) is 11.0 Å². The summed E-state index contributed by atoms with van der Waals surface area (Å²) in [5.41, 5.74) is 8.67. The van der Waals surface area contributed by atoms with E-state index in [1.165, 1.54) is 24.3 Å². The van der Waals surface area contributed by atoms with Crippen LogP contribution < -0.4 is 16.4 Å². The van der Waals surface area contributed by atoms with Gasteiger partial charge in [-0.1, -0.05) is 30.3 Å². The summed E-state index contributed by atoms with van der Waals surface area (Å²) in [7, 11) is 0. The maximum absolute atomic E-state index is 12.3. The zero-order chi connectivity index (χ0) is 21.5. The van der Waals surface area contributed by atoms with E-state index in [9.17, 15) is 14.4 Å². The van der Waals surface area contributed by atoms with Gasteiger partial charge in [0.25, 0.3) is 0 Å². The fraction of sp³-hybridized carbons (Fsp3) is 0.286. The van der Waals surface area contributed by atoms with Gasteiger partial charge in [0.2, 0.25) is 11.8 Å². The summed E-state index contributed by atoms with van der Waals surface area (Å²) in [4.78, 5) is 37.8. The van der Waals surface area contributed by atoms with Crippen LogP contribution in [0.15, 0.2) is 36.4 Å². The van der Waals surface area contributed by atoms with Crippen molar-refractivity contribution in [1.82, 2.24) is 10.2 Å². The number of fused-ring (bicyclic) bond motifs is 1. The molecule has 3 amide bonds. The van der Waals surface area contributed by atoms with E-state index in [1.807, 2.05) is 30.3 Å². The number of amides is 3. The molecule has 0 atom stereocenters.